The third-order valence-electron chi connectivity index (χ3n) is 7.54. The Balaban J connectivity index is 1.55. The SMILES string of the molecule is CC(CO)OCCOCCn1cc(-c2nn(C3CCCCO3)c3ccc(O[Si](C)(C)C(C)(C)C)cc23)cn1. The van der Waals surface area contributed by atoms with Crippen molar-refractivity contribution in [2.24, 2.45) is 0 Å². The average Bonchev–Trinajstić information content (AvgIpc) is 3.50. The minimum absolute atomic E-state index is 0.0112. The van der Waals surface area contributed by atoms with E-state index in [4.69, 9.17) is 28.8 Å². The van der Waals surface area contributed by atoms with E-state index in [1.165, 1.54) is 0 Å². The zero-order chi connectivity index (χ0) is 27.3. The van der Waals surface area contributed by atoms with E-state index >= 15 is 0 Å². The second-order valence-corrected chi connectivity index (χ2v) is 16.3. The molecule has 38 heavy (non-hydrogen) atoms. The second-order valence-electron chi connectivity index (χ2n) is 11.6. The molecule has 1 aromatic carbocycles. The lowest BCUT2D eigenvalue weighted by atomic mass is 10.1. The molecule has 2 aromatic heterocycles. The van der Waals surface area contributed by atoms with Crippen LogP contribution in [0, 0.1) is 0 Å². The largest absolute Gasteiger partial charge is 0.543 e. The molecule has 1 saturated heterocycles. The van der Waals surface area contributed by atoms with Crippen LogP contribution >= 0.6 is 0 Å². The van der Waals surface area contributed by atoms with Crippen molar-refractivity contribution >= 4 is 19.2 Å². The normalized spacial score (nSPS) is 17.7. The number of rotatable bonds is 12. The highest BCUT2D eigenvalue weighted by atomic mass is 28.4. The van der Waals surface area contributed by atoms with Crippen LogP contribution in [0.15, 0.2) is 30.6 Å². The lowest BCUT2D eigenvalue weighted by Gasteiger charge is -2.36. The summed E-state index contributed by atoms with van der Waals surface area (Å²) in [6, 6.07) is 6.31. The van der Waals surface area contributed by atoms with E-state index in [9.17, 15) is 0 Å². The molecule has 0 saturated carbocycles. The fourth-order valence-corrected chi connectivity index (χ4v) is 5.23. The lowest BCUT2D eigenvalue weighted by molar-refractivity contribution is -0.0365. The molecule has 3 aromatic rings. The van der Waals surface area contributed by atoms with Gasteiger partial charge < -0.3 is 23.7 Å². The van der Waals surface area contributed by atoms with Gasteiger partial charge in [0.2, 0.25) is 8.32 Å². The molecule has 0 aliphatic carbocycles. The van der Waals surface area contributed by atoms with Crippen molar-refractivity contribution in [3.05, 3.63) is 30.6 Å². The number of aliphatic hydroxyl groups excluding tert-OH is 1. The van der Waals surface area contributed by atoms with E-state index in [-0.39, 0.29) is 24.0 Å². The van der Waals surface area contributed by atoms with Crippen molar-refractivity contribution in [3.63, 3.8) is 0 Å². The summed E-state index contributed by atoms with van der Waals surface area (Å²) in [6.45, 7) is 16.0. The fraction of sp³-hybridized carbons (Fsp3) is 0.643. The summed E-state index contributed by atoms with van der Waals surface area (Å²) in [5.74, 6) is 0.882. The quantitative estimate of drug-likeness (QED) is 0.241. The molecular formula is C28H44N4O5Si. The lowest BCUT2D eigenvalue weighted by Crippen LogP contribution is -2.43. The number of benzene rings is 1. The van der Waals surface area contributed by atoms with Gasteiger partial charge in [0.05, 0.1) is 50.8 Å². The van der Waals surface area contributed by atoms with Crippen LogP contribution in [0.2, 0.25) is 18.1 Å². The smallest absolute Gasteiger partial charge is 0.250 e. The number of aromatic nitrogens is 4. The van der Waals surface area contributed by atoms with Gasteiger partial charge in [-0.3, -0.25) is 4.68 Å². The standard InChI is InChI=1S/C28H44N4O5Si/c1-21(20-33)35-16-15-34-14-12-31-19-22(18-29-31)27-24-17-23(37-38(5,6)28(2,3)4)10-11-25(24)32(30-27)26-9-7-8-13-36-26/h10-11,17-19,21,26,33H,7-9,12-16,20H2,1-6H3. The Morgan fingerprint density at radius 2 is 2.00 bits per heavy atom. The molecule has 1 N–H and O–H groups in total. The third kappa shape index (κ3) is 6.84. The molecule has 9 nitrogen and oxygen atoms in total. The Hall–Kier alpha value is -2.24. The summed E-state index contributed by atoms with van der Waals surface area (Å²) in [5.41, 5.74) is 2.88. The van der Waals surface area contributed by atoms with E-state index in [0.29, 0.717) is 26.4 Å². The van der Waals surface area contributed by atoms with Gasteiger partial charge in [-0.15, -0.1) is 0 Å². The molecule has 10 heteroatoms. The van der Waals surface area contributed by atoms with Gasteiger partial charge in [0.1, 0.15) is 11.4 Å². The predicted octanol–water partition coefficient (Wildman–Crippen LogP) is 5.40. The average molecular weight is 545 g/mol. The Labute approximate surface area is 227 Å². The third-order valence-corrected chi connectivity index (χ3v) is 11.9. The van der Waals surface area contributed by atoms with Crippen molar-refractivity contribution in [2.45, 2.75) is 84.0 Å². The van der Waals surface area contributed by atoms with Crippen LogP contribution in [-0.4, -0.2) is 72.1 Å². The van der Waals surface area contributed by atoms with Crippen molar-refractivity contribution in [1.82, 2.24) is 19.6 Å². The van der Waals surface area contributed by atoms with Gasteiger partial charge in [-0.25, -0.2) is 4.68 Å². The topological polar surface area (TPSA) is 92.8 Å². The van der Waals surface area contributed by atoms with Crippen LogP contribution in [0.3, 0.4) is 0 Å². The van der Waals surface area contributed by atoms with E-state index < -0.39 is 8.32 Å². The molecule has 2 unspecified atom stereocenters. The van der Waals surface area contributed by atoms with Crippen molar-refractivity contribution < 1.29 is 23.7 Å². The maximum atomic E-state index is 9.02. The molecule has 2 atom stereocenters. The van der Waals surface area contributed by atoms with Crippen LogP contribution < -0.4 is 4.43 Å². The van der Waals surface area contributed by atoms with Crippen molar-refractivity contribution in [1.29, 1.82) is 0 Å². The Bertz CT molecular complexity index is 1180. The van der Waals surface area contributed by atoms with Gasteiger partial charge in [0.25, 0.3) is 0 Å². The first kappa shape index (κ1) is 28.8. The van der Waals surface area contributed by atoms with E-state index in [1.807, 2.05) is 28.7 Å². The number of ether oxygens (including phenoxy) is 3. The van der Waals surface area contributed by atoms with Crippen LogP contribution in [0.4, 0.5) is 0 Å². The first-order chi connectivity index (χ1) is 18.1. The van der Waals surface area contributed by atoms with Gasteiger partial charge in [0, 0.05) is 23.8 Å². The van der Waals surface area contributed by atoms with Crippen LogP contribution in [0.25, 0.3) is 22.2 Å². The van der Waals surface area contributed by atoms with E-state index in [1.54, 1.807) is 0 Å². The second kappa shape index (κ2) is 12.3. The summed E-state index contributed by atoms with van der Waals surface area (Å²) in [6.07, 6.45) is 6.82. The van der Waals surface area contributed by atoms with Crippen LogP contribution in [-0.2, 0) is 20.8 Å². The number of hydrogen-bond donors (Lipinski definition) is 1. The molecule has 3 heterocycles. The minimum Gasteiger partial charge on any atom is -0.543 e. The Morgan fingerprint density at radius 3 is 2.71 bits per heavy atom. The van der Waals surface area contributed by atoms with Gasteiger partial charge >= 0.3 is 0 Å². The molecule has 210 valence electrons. The summed E-state index contributed by atoms with van der Waals surface area (Å²) in [7, 11) is -1.99. The first-order valence-electron chi connectivity index (χ1n) is 13.7. The molecule has 4 rings (SSSR count). The van der Waals surface area contributed by atoms with E-state index in [0.717, 1.165) is 53.8 Å². The molecule has 0 spiro atoms. The summed E-state index contributed by atoms with van der Waals surface area (Å²) in [4.78, 5) is 0. The predicted molar refractivity (Wildman–Crippen MR) is 151 cm³/mol. The van der Waals surface area contributed by atoms with Crippen molar-refractivity contribution in [2.75, 3.05) is 33.0 Å². The fourth-order valence-electron chi connectivity index (χ4n) is 4.21. The van der Waals surface area contributed by atoms with Crippen LogP contribution in [0.5, 0.6) is 5.75 Å². The number of fused-ring (bicyclic) bond motifs is 1. The maximum Gasteiger partial charge on any atom is 0.250 e. The Morgan fingerprint density at radius 1 is 1.18 bits per heavy atom. The Kier molecular flexibility index (Phi) is 9.30. The number of hydrogen-bond acceptors (Lipinski definition) is 7. The van der Waals surface area contributed by atoms with Crippen LogP contribution in [0.1, 0.15) is 53.2 Å². The van der Waals surface area contributed by atoms with Crippen molar-refractivity contribution in [3.8, 4) is 17.0 Å². The minimum atomic E-state index is -1.99. The molecule has 0 radical (unpaired) electrons. The monoisotopic (exact) mass is 544 g/mol. The highest BCUT2D eigenvalue weighted by Gasteiger charge is 2.39. The molecule has 1 fully saturated rings. The zero-order valence-electron chi connectivity index (χ0n) is 23.8. The van der Waals surface area contributed by atoms with Gasteiger partial charge in [-0.05, 0) is 62.5 Å². The van der Waals surface area contributed by atoms with Gasteiger partial charge in [-0.1, -0.05) is 20.8 Å². The van der Waals surface area contributed by atoms with Gasteiger partial charge in [0.15, 0.2) is 6.23 Å². The molecule has 0 bridgehead atoms. The highest BCUT2D eigenvalue weighted by Crippen LogP contribution is 2.39. The highest BCUT2D eigenvalue weighted by molar-refractivity contribution is 6.74. The van der Waals surface area contributed by atoms with Gasteiger partial charge in [-0.2, -0.15) is 10.2 Å². The molecular weight excluding hydrogens is 500 g/mol. The molecule has 1 aliphatic heterocycles. The number of aliphatic hydroxyl groups is 1. The zero-order valence-corrected chi connectivity index (χ0v) is 24.8. The maximum absolute atomic E-state index is 9.02. The van der Waals surface area contributed by atoms with E-state index in [2.05, 4.69) is 57.2 Å². The summed E-state index contributed by atoms with van der Waals surface area (Å²) < 4.78 is 27.8. The number of nitrogens with zero attached hydrogens (tertiary/aromatic N) is 4. The molecule has 0 amide bonds. The summed E-state index contributed by atoms with van der Waals surface area (Å²) in [5, 5.41) is 19.8. The summed E-state index contributed by atoms with van der Waals surface area (Å²) >= 11 is 0. The molecule has 1 aliphatic rings. The first-order valence-corrected chi connectivity index (χ1v) is 16.7.